The summed E-state index contributed by atoms with van der Waals surface area (Å²) in [6.45, 7) is 2.58. The molecule has 0 aliphatic carbocycles. The molecule has 2 aromatic rings. The number of nitro groups is 1. The molecule has 2 aromatic carbocycles. The topological polar surface area (TPSA) is 92.6 Å². The Labute approximate surface area is 152 Å². The molecule has 0 aromatic heterocycles. The van der Waals surface area contributed by atoms with Crippen LogP contribution in [0.15, 0.2) is 47.4 Å². The molecule has 0 amide bonds. The zero-order chi connectivity index (χ0) is 18.7. The van der Waals surface area contributed by atoms with Gasteiger partial charge in [-0.25, -0.2) is 8.42 Å². The molecule has 1 saturated heterocycles. The Hall–Kier alpha value is -2.61. The Bertz CT molecular complexity index is 905. The van der Waals surface area contributed by atoms with E-state index in [-0.39, 0.29) is 10.6 Å². The van der Waals surface area contributed by atoms with Gasteiger partial charge in [-0.3, -0.25) is 10.1 Å². The monoisotopic (exact) mass is 375 g/mol. The van der Waals surface area contributed by atoms with Gasteiger partial charge in [0.05, 0.1) is 9.82 Å². The van der Waals surface area contributed by atoms with E-state index in [4.69, 9.17) is 0 Å². The van der Waals surface area contributed by atoms with Gasteiger partial charge in [0, 0.05) is 37.6 Å². The molecule has 8 heteroatoms. The fourth-order valence-electron chi connectivity index (χ4n) is 3.04. The molecule has 0 radical (unpaired) electrons. The fourth-order valence-corrected chi connectivity index (χ4v) is 3.68. The summed E-state index contributed by atoms with van der Waals surface area (Å²) in [5.74, 6) is 0. The Morgan fingerprint density at radius 1 is 1.12 bits per heavy atom. The van der Waals surface area contributed by atoms with E-state index < -0.39 is 14.8 Å². The van der Waals surface area contributed by atoms with E-state index in [9.17, 15) is 18.5 Å². The van der Waals surface area contributed by atoms with Crippen LogP contribution in [-0.4, -0.2) is 32.7 Å². The molecule has 0 spiro atoms. The normalized spacial score (nSPS) is 14.4. The standard InChI is InChI=1S/C18H21N3O4S/c1-26(24,25)16-8-9-17(18(12-16)21(22)23)19-13-14-4-6-15(7-5-14)20-10-2-3-11-20/h4-9,12,19H,2-3,10-11,13H2,1H3. The Kier molecular flexibility index (Phi) is 5.13. The molecule has 1 N–H and O–H groups in total. The number of hydrogen-bond donors (Lipinski definition) is 1. The molecule has 138 valence electrons. The highest BCUT2D eigenvalue weighted by molar-refractivity contribution is 7.90. The molecule has 1 aliphatic heterocycles. The maximum absolute atomic E-state index is 11.6. The van der Waals surface area contributed by atoms with Crippen molar-refractivity contribution in [3.63, 3.8) is 0 Å². The minimum atomic E-state index is -3.49. The summed E-state index contributed by atoms with van der Waals surface area (Å²) in [6.07, 6.45) is 3.47. The van der Waals surface area contributed by atoms with Crippen molar-refractivity contribution >= 4 is 26.9 Å². The third-order valence-electron chi connectivity index (χ3n) is 4.48. The van der Waals surface area contributed by atoms with Crippen LogP contribution in [0, 0.1) is 10.1 Å². The number of nitrogens with one attached hydrogen (secondary N) is 1. The van der Waals surface area contributed by atoms with E-state index in [1.807, 2.05) is 12.1 Å². The first kappa shape index (κ1) is 18.2. The lowest BCUT2D eigenvalue weighted by atomic mass is 10.2. The predicted molar refractivity (Wildman–Crippen MR) is 101 cm³/mol. The van der Waals surface area contributed by atoms with Crippen molar-refractivity contribution < 1.29 is 13.3 Å². The molecule has 0 unspecified atom stereocenters. The van der Waals surface area contributed by atoms with Crippen molar-refractivity contribution in [1.82, 2.24) is 0 Å². The summed E-state index contributed by atoms with van der Waals surface area (Å²) >= 11 is 0. The molecular weight excluding hydrogens is 354 g/mol. The average Bonchev–Trinajstić information content (AvgIpc) is 3.14. The van der Waals surface area contributed by atoms with Crippen LogP contribution in [0.4, 0.5) is 17.1 Å². The minimum absolute atomic E-state index is 0.0651. The van der Waals surface area contributed by atoms with Crippen LogP contribution in [-0.2, 0) is 16.4 Å². The highest BCUT2D eigenvalue weighted by atomic mass is 32.2. The Morgan fingerprint density at radius 3 is 2.35 bits per heavy atom. The van der Waals surface area contributed by atoms with Gasteiger partial charge in [0.25, 0.3) is 5.69 Å². The molecule has 0 bridgehead atoms. The van der Waals surface area contributed by atoms with Crippen LogP contribution in [0.2, 0.25) is 0 Å². The van der Waals surface area contributed by atoms with E-state index in [1.54, 1.807) is 0 Å². The van der Waals surface area contributed by atoms with Crippen molar-refractivity contribution in [1.29, 1.82) is 0 Å². The number of sulfone groups is 1. The van der Waals surface area contributed by atoms with Gasteiger partial charge in [0.1, 0.15) is 5.69 Å². The summed E-state index contributed by atoms with van der Waals surface area (Å²) in [7, 11) is -3.49. The van der Waals surface area contributed by atoms with Crippen LogP contribution < -0.4 is 10.2 Å². The number of nitrogens with zero attached hydrogens (tertiary/aromatic N) is 2. The average molecular weight is 375 g/mol. The first-order valence-corrected chi connectivity index (χ1v) is 10.3. The van der Waals surface area contributed by atoms with Gasteiger partial charge < -0.3 is 10.2 Å². The predicted octanol–water partition coefficient (Wildman–Crippen LogP) is 3.21. The number of rotatable bonds is 6. The van der Waals surface area contributed by atoms with Crippen molar-refractivity contribution in [2.45, 2.75) is 24.3 Å². The van der Waals surface area contributed by atoms with Gasteiger partial charge in [0.15, 0.2) is 9.84 Å². The van der Waals surface area contributed by atoms with Gasteiger partial charge in [-0.2, -0.15) is 0 Å². The van der Waals surface area contributed by atoms with E-state index >= 15 is 0 Å². The van der Waals surface area contributed by atoms with E-state index in [1.165, 1.54) is 30.7 Å². The maximum Gasteiger partial charge on any atom is 0.293 e. The van der Waals surface area contributed by atoms with Crippen LogP contribution in [0.25, 0.3) is 0 Å². The number of anilines is 2. The van der Waals surface area contributed by atoms with Gasteiger partial charge >= 0.3 is 0 Å². The van der Waals surface area contributed by atoms with Crippen LogP contribution in [0.5, 0.6) is 0 Å². The fraction of sp³-hybridized carbons (Fsp3) is 0.333. The Balaban J connectivity index is 1.73. The summed E-state index contributed by atoms with van der Waals surface area (Å²) in [5, 5.41) is 14.3. The molecule has 26 heavy (non-hydrogen) atoms. The molecule has 0 atom stereocenters. The Morgan fingerprint density at radius 2 is 1.77 bits per heavy atom. The zero-order valence-corrected chi connectivity index (χ0v) is 15.3. The third-order valence-corrected chi connectivity index (χ3v) is 5.59. The van der Waals surface area contributed by atoms with Gasteiger partial charge in [-0.05, 0) is 42.7 Å². The lowest BCUT2D eigenvalue weighted by Gasteiger charge is -2.17. The second-order valence-electron chi connectivity index (χ2n) is 6.42. The van der Waals surface area contributed by atoms with E-state index in [0.717, 1.165) is 31.0 Å². The van der Waals surface area contributed by atoms with Gasteiger partial charge in [0.2, 0.25) is 0 Å². The summed E-state index contributed by atoms with van der Waals surface area (Å²) in [5.41, 5.74) is 2.23. The number of hydrogen-bond acceptors (Lipinski definition) is 6. The number of benzene rings is 2. The van der Waals surface area contributed by atoms with Crippen molar-refractivity contribution in [3.8, 4) is 0 Å². The SMILES string of the molecule is CS(=O)(=O)c1ccc(NCc2ccc(N3CCCC3)cc2)c([N+](=O)[O-])c1. The highest BCUT2D eigenvalue weighted by Gasteiger charge is 2.18. The molecule has 3 rings (SSSR count). The first-order chi connectivity index (χ1) is 12.3. The third kappa shape index (κ3) is 4.13. The lowest BCUT2D eigenvalue weighted by Crippen LogP contribution is -2.17. The largest absolute Gasteiger partial charge is 0.375 e. The smallest absolute Gasteiger partial charge is 0.293 e. The minimum Gasteiger partial charge on any atom is -0.375 e. The van der Waals surface area contributed by atoms with Crippen molar-refractivity contribution in [3.05, 3.63) is 58.1 Å². The van der Waals surface area contributed by atoms with Crippen LogP contribution in [0.3, 0.4) is 0 Å². The zero-order valence-electron chi connectivity index (χ0n) is 14.5. The van der Waals surface area contributed by atoms with Crippen molar-refractivity contribution in [2.24, 2.45) is 0 Å². The molecule has 1 heterocycles. The van der Waals surface area contributed by atoms with Crippen molar-refractivity contribution in [2.75, 3.05) is 29.6 Å². The first-order valence-electron chi connectivity index (χ1n) is 8.41. The number of nitro benzene ring substituents is 1. The molecule has 1 fully saturated rings. The summed E-state index contributed by atoms with van der Waals surface area (Å²) < 4.78 is 23.2. The molecule has 0 saturated carbocycles. The highest BCUT2D eigenvalue weighted by Crippen LogP contribution is 2.28. The summed E-state index contributed by atoms with van der Waals surface area (Å²) in [4.78, 5) is 13.0. The van der Waals surface area contributed by atoms with E-state index in [0.29, 0.717) is 12.2 Å². The maximum atomic E-state index is 11.6. The summed E-state index contributed by atoms with van der Waals surface area (Å²) in [6, 6.07) is 12.0. The molecule has 1 aliphatic rings. The quantitative estimate of drug-likeness (QED) is 0.616. The van der Waals surface area contributed by atoms with E-state index in [2.05, 4.69) is 22.3 Å². The second-order valence-corrected chi connectivity index (χ2v) is 8.44. The van der Waals surface area contributed by atoms with Gasteiger partial charge in [-0.1, -0.05) is 12.1 Å². The molecule has 7 nitrogen and oxygen atoms in total. The van der Waals surface area contributed by atoms with Gasteiger partial charge in [-0.15, -0.1) is 0 Å². The van der Waals surface area contributed by atoms with Crippen LogP contribution in [0.1, 0.15) is 18.4 Å². The second kappa shape index (κ2) is 7.33. The van der Waals surface area contributed by atoms with Crippen LogP contribution >= 0.6 is 0 Å². The molecular formula is C18H21N3O4S. The lowest BCUT2D eigenvalue weighted by molar-refractivity contribution is -0.384.